The number of anilines is 2. The van der Waals surface area contributed by atoms with Gasteiger partial charge in [0.15, 0.2) is 0 Å². The van der Waals surface area contributed by atoms with Gasteiger partial charge in [0.05, 0.1) is 11.3 Å². The van der Waals surface area contributed by atoms with Crippen molar-refractivity contribution in [2.75, 3.05) is 5.32 Å². The summed E-state index contributed by atoms with van der Waals surface area (Å²) >= 11 is 3.38. The molecule has 2 aromatic carbocycles. The molecule has 0 aliphatic carbocycles. The van der Waals surface area contributed by atoms with Gasteiger partial charge in [-0.15, -0.1) is 0 Å². The first kappa shape index (κ1) is 12.6. The zero-order valence-electron chi connectivity index (χ0n) is 9.77. The Hall–Kier alpha value is -1.81. The number of aromatic carboxylic acids is 1. The molecule has 2 rings (SSSR count). The third kappa shape index (κ3) is 2.90. The lowest BCUT2D eigenvalue weighted by Gasteiger charge is -2.10. The maximum Gasteiger partial charge on any atom is 0.337 e. The summed E-state index contributed by atoms with van der Waals surface area (Å²) in [6.45, 7) is 1.87. The number of carbonyl (C=O) groups is 1. The van der Waals surface area contributed by atoms with Crippen LogP contribution in [-0.2, 0) is 0 Å². The number of carboxylic acid groups (broad SMARTS) is 1. The topological polar surface area (TPSA) is 49.3 Å². The van der Waals surface area contributed by atoms with Crippen molar-refractivity contribution in [3.8, 4) is 0 Å². The first-order chi connectivity index (χ1) is 8.56. The van der Waals surface area contributed by atoms with Crippen LogP contribution in [0.2, 0.25) is 0 Å². The van der Waals surface area contributed by atoms with E-state index in [1.807, 2.05) is 37.3 Å². The number of benzene rings is 2. The van der Waals surface area contributed by atoms with Crippen molar-refractivity contribution in [3.05, 3.63) is 58.1 Å². The number of carboxylic acids is 1. The van der Waals surface area contributed by atoms with Gasteiger partial charge >= 0.3 is 5.97 Å². The summed E-state index contributed by atoms with van der Waals surface area (Å²) in [7, 11) is 0. The Bertz CT molecular complexity index is 596. The molecule has 92 valence electrons. The Labute approximate surface area is 114 Å². The Kier molecular flexibility index (Phi) is 3.67. The number of rotatable bonds is 3. The lowest BCUT2D eigenvalue weighted by molar-refractivity contribution is 0.0698. The minimum atomic E-state index is -0.934. The summed E-state index contributed by atoms with van der Waals surface area (Å²) in [4.78, 5) is 11.2. The van der Waals surface area contributed by atoms with Crippen molar-refractivity contribution in [1.82, 2.24) is 0 Å². The highest BCUT2D eigenvalue weighted by Crippen LogP contribution is 2.24. The van der Waals surface area contributed by atoms with Crippen LogP contribution in [0.1, 0.15) is 15.9 Å². The molecule has 0 radical (unpaired) electrons. The molecule has 2 N–H and O–H groups in total. The van der Waals surface area contributed by atoms with Gasteiger partial charge < -0.3 is 10.4 Å². The van der Waals surface area contributed by atoms with Crippen LogP contribution in [0.25, 0.3) is 0 Å². The molecule has 0 spiro atoms. The largest absolute Gasteiger partial charge is 0.478 e. The van der Waals surface area contributed by atoms with E-state index in [2.05, 4.69) is 21.2 Å². The fourth-order valence-corrected chi connectivity index (χ4v) is 2.07. The minimum absolute atomic E-state index is 0.273. The number of halogens is 1. The predicted octanol–water partition coefficient (Wildman–Crippen LogP) is 4.20. The smallest absolute Gasteiger partial charge is 0.337 e. The van der Waals surface area contributed by atoms with Gasteiger partial charge in [-0.2, -0.15) is 0 Å². The van der Waals surface area contributed by atoms with E-state index in [0.717, 1.165) is 15.7 Å². The van der Waals surface area contributed by atoms with Crippen LogP contribution in [-0.4, -0.2) is 11.1 Å². The van der Waals surface area contributed by atoms with Crippen LogP contribution >= 0.6 is 15.9 Å². The SMILES string of the molecule is Cc1ccc(Nc2cccc(Br)c2)c(C(=O)O)c1. The molecule has 0 saturated heterocycles. The first-order valence-electron chi connectivity index (χ1n) is 5.43. The average molecular weight is 306 g/mol. The lowest BCUT2D eigenvalue weighted by atomic mass is 10.1. The molecule has 0 fully saturated rings. The standard InChI is InChI=1S/C14H12BrNO2/c1-9-5-6-13(12(7-9)14(17)18)16-11-4-2-3-10(15)8-11/h2-8,16H,1H3,(H,17,18). The van der Waals surface area contributed by atoms with Gasteiger partial charge in [0.2, 0.25) is 0 Å². The van der Waals surface area contributed by atoms with Gasteiger partial charge in [0.1, 0.15) is 0 Å². The van der Waals surface area contributed by atoms with Crippen molar-refractivity contribution in [2.24, 2.45) is 0 Å². The van der Waals surface area contributed by atoms with E-state index in [1.165, 1.54) is 0 Å². The molecule has 0 aliphatic heterocycles. The summed E-state index contributed by atoms with van der Waals surface area (Å²) in [6, 6.07) is 12.9. The van der Waals surface area contributed by atoms with Crippen LogP contribution in [0.5, 0.6) is 0 Å². The molecule has 4 heteroatoms. The molecular formula is C14H12BrNO2. The van der Waals surface area contributed by atoms with Crippen LogP contribution < -0.4 is 5.32 Å². The Morgan fingerprint density at radius 3 is 2.67 bits per heavy atom. The summed E-state index contributed by atoms with van der Waals surface area (Å²) in [6.07, 6.45) is 0. The average Bonchev–Trinajstić information content (AvgIpc) is 2.31. The van der Waals surface area contributed by atoms with Crippen LogP contribution in [0.15, 0.2) is 46.9 Å². The molecule has 0 saturated carbocycles. The van der Waals surface area contributed by atoms with Crippen molar-refractivity contribution >= 4 is 33.3 Å². The summed E-state index contributed by atoms with van der Waals surface area (Å²) in [5.41, 5.74) is 2.63. The molecule has 0 bridgehead atoms. The second kappa shape index (κ2) is 5.23. The molecule has 0 aromatic heterocycles. The maximum atomic E-state index is 11.2. The van der Waals surface area contributed by atoms with Gasteiger partial charge in [-0.25, -0.2) is 4.79 Å². The molecule has 0 aliphatic rings. The van der Waals surface area contributed by atoms with E-state index >= 15 is 0 Å². The van der Waals surface area contributed by atoms with Crippen molar-refractivity contribution in [3.63, 3.8) is 0 Å². The Morgan fingerprint density at radius 2 is 2.00 bits per heavy atom. The van der Waals surface area contributed by atoms with E-state index in [4.69, 9.17) is 0 Å². The Balaban J connectivity index is 2.37. The molecule has 3 nitrogen and oxygen atoms in total. The number of aryl methyl sites for hydroxylation is 1. The molecule has 0 amide bonds. The van der Waals surface area contributed by atoms with Crippen molar-refractivity contribution < 1.29 is 9.90 Å². The van der Waals surface area contributed by atoms with Gasteiger partial charge in [-0.3, -0.25) is 0 Å². The van der Waals surface area contributed by atoms with Crippen LogP contribution in [0.3, 0.4) is 0 Å². The minimum Gasteiger partial charge on any atom is -0.478 e. The zero-order valence-corrected chi connectivity index (χ0v) is 11.4. The second-order valence-electron chi connectivity index (χ2n) is 3.99. The molecule has 2 aromatic rings. The zero-order chi connectivity index (χ0) is 13.1. The molecule has 0 atom stereocenters. The molecule has 0 unspecified atom stereocenters. The van der Waals surface area contributed by atoms with Crippen LogP contribution in [0, 0.1) is 6.92 Å². The number of hydrogen-bond donors (Lipinski definition) is 2. The van der Waals surface area contributed by atoms with Crippen LogP contribution in [0.4, 0.5) is 11.4 Å². The fraction of sp³-hybridized carbons (Fsp3) is 0.0714. The summed E-state index contributed by atoms with van der Waals surface area (Å²) < 4.78 is 0.941. The molecular weight excluding hydrogens is 294 g/mol. The highest BCUT2D eigenvalue weighted by atomic mass is 79.9. The predicted molar refractivity (Wildman–Crippen MR) is 75.6 cm³/mol. The number of hydrogen-bond acceptors (Lipinski definition) is 2. The normalized spacial score (nSPS) is 10.1. The van der Waals surface area contributed by atoms with Gasteiger partial charge in [0.25, 0.3) is 0 Å². The van der Waals surface area contributed by atoms with Gasteiger partial charge in [-0.1, -0.05) is 33.6 Å². The van der Waals surface area contributed by atoms with E-state index in [0.29, 0.717) is 5.69 Å². The molecule has 18 heavy (non-hydrogen) atoms. The number of nitrogens with one attached hydrogen (secondary N) is 1. The summed E-state index contributed by atoms with van der Waals surface area (Å²) in [5, 5.41) is 12.3. The first-order valence-corrected chi connectivity index (χ1v) is 6.22. The van der Waals surface area contributed by atoms with Crippen molar-refractivity contribution in [2.45, 2.75) is 6.92 Å². The maximum absolute atomic E-state index is 11.2. The van der Waals surface area contributed by atoms with E-state index in [-0.39, 0.29) is 5.56 Å². The highest BCUT2D eigenvalue weighted by Gasteiger charge is 2.10. The third-order valence-electron chi connectivity index (χ3n) is 2.51. The summed E-state index contributed by atoms with van der Waals surface area (Å²) in [5.74, 6) is -0.934. The monoisotopic (exact) mass is 305 g/mol. The quantitative estimate of drug-likeness (QED) is 0.893. The Morgan fingerprint density at radius 1 is 1.22 bits per heavy atom. The van der Waals surface area contributed by atoms with E-state index in [1.54, 1.807) is 12.1 Å². The van der Waals surface area contributed by atoms with E-state index in [9.17, 15) is 9.90 Å². The fourth-order valence-electron chi connectivity index (χ4n) is 1.67. The van der Waals surface area contributed by atoms with Crippen molar-refractivity contribution in [1.29, 1.82) is 0 Å². The third-order valence-corrected chi connectivity index (χ3v) is 3.00. The van der Waals surface area contributed by atoms with Gasteiger partial charge in [0, 0.05) is 10.2 Å². The highest BCUT2D eigenvalue weighted by molar-refractivity contribution is 9.10. The second-order valence-corrected chi connectivity index (χ2v) is 4.91. The lowest BCUT2D eigenvalue weighted by Crippen LogP contribution is -2.03. The van der Waals surface area contributed by atoms with E-state index < -0.39 is 5.97 Å². The van der Waals surface area contributed by atoms with Gasteiger partial charge in [-0.05, 0) is 37.3 Å². The molecule has 0 heterocycles.